The lowest BCUT2D eigenvalue weighted by Crippen LogP contribution is -2.23. The highest BCUT2D eigenvalue weighted by Crippen LogP contribution is 2.40. The van der Waals surface area contributed by atoms with Gasteiger partial charge in [0.05, 0.1) is 11.7 Å². The van der Waals surface area contributed by atoms with Gasteiger partial charge < -0.3 is 5.32 Å². The number of nitrogens with one attached hydrogen (secondary N) is 1. The van der Waals surface area contributed by atoms with E-state index in [0.29, 0.717) is 6.04 Å². The summed E-state index contributed by atoms with van der Waals surface area (Å²) in [6, 6.07) is 4.64. The molecule has 1 aromatic heterocycles. The van der Waals surface area contributed by atoms with Crippen LogP contribution < -0.4 is 5.32 Å². The summed E-state index contributed by atoms with van der Waals surface area (Å²) >= 11 is 3.40. The molecule has 0 aliphatic heterocycles. The quantitative estimate of drug-likeness (QED) is 0.894. The molecule has 0 radical (unpaired) electrons. The Labute approximate surface area is 93.3 Å². The molecule has 1 heterocycles. The third-order valence-electron chi connectivity index (χ3n) is 2.59. The van der Waals surface area contributed by atoms with Crippen molar-refractivity contribution >= 4 is 15.9 Å². The first-order valence-corrected chi connectivity index (χ1v) is 5.95. The third kappa shape index (κ3) is 2.34. The summed E-state index contributed by atoms with van der Waals surface area (Å²) in [5.74, 6) is 0.809. The molecule has 1 aromatic rings. The van der Waals surface area contributed by atoms with Crippen molar-refractivity contribution in [2.75, 3.05) is 6.54 Å². The molecule has 0 saturated heterocycles. The minimum absolute atomic E-state index is 0.466. The van der Waals surface area contributed by atoms with Crippen LogP contribution in [0.15, 0.2) is 22.8 Å². The van der Waals surface area contributed by atoms with Crippen molar-refractivity contribution < 1.29 is 0 Å². The molecule has 1 aliphatic carbocycles. The lowest BCUT2D eigenvalue weighted by Gasteiger charge is -2.16. The summed E-state index contributed by atoms with van der Waals surface area (Å²) in [4.78, 5) is 4.45. The van der Waals surface area contributed by atoms with E-state index in [1.165, 1.54) is 18.5 Å². The fourth-order valence-corrected chi connectivity index (χ4v) is 1.97. The zero-order valence-corrected chi connectivity index (χ0v) is 9.92. The molecule has 1 N–H and O–H groups in total. The van der Waals surface area contributed by atoms with Crippen LogP contribution in [0.5, 0.6) is 0 Å². The highest BCUT2D eigenvalue weighted by molar-refractivity contribution is 9.10. The number of hydrogen-bond acceptors (Lipinski definition) is 2. The van der Waals surface area contributed by atoms with E-state index in [1.807, 2.05) is 6.20 Å². The molecule has 1 atom stereocenters. The molecule has 0 amide bonds. The molecule has 1 unspecified atom stereocenters. The number of rotatable bonds is 4. The van der Waals surface area contributed by atoms with Gasteiger partial charge in [0, 0.05) is 10.7 Å². The van der Waals surface area contributed by atoms with Crippen LogP contribution in [0.3, 0.4) is 0 Å². The fourth-order valence-electron chi connectivity index (χ4n) is 1.73. The van der Waals surface area contributed by atoms with Gasteiger partial charge in [-0.15, -0.1) is 0 Å². The van der Waals surface area contributed by atoms with Gasteiger partial charge in [-0.25, -0.2) is 0 Å². The molecule has 1 aliphatic rings. The van der Waals surface area contributed by atoms with Gasteiger partial charge in [-0.3, -0.25) is 4.98 Å². The molecule has 76 valence electrons. The van der Waals surface area contributed by atoms with Crippen molar-refractivity contribution in [3.8, 4) is 0 Å². The van der Waals surface area contributed by atoms with Crippen molar-refractivity contribution in [3.05, 3.63) is 28.5 Å². The maximum Gasteiger partial charge on any atom is 0.0576 e. The molecule has 1 saturated carbocycles. The van der Waals surface area contributed by atoms with Gasteiger partial charge in [0.2, 0.25) is 0 Å². The number of nitrogens with zero attached hydrogens (tertiary/aromatic N) is 1. The monoisotopic (exact) mass is 254 g/mol. The van der Waals surface area contributed by atoms with Gasteiger partial charge >= 0.3 is 0 Å². The molecular formula is C11H15BrN2. The number of hydrogen-bond donors (Lipinski definition) is 1. The van der Waals surface area contributed by atoms with E-state index in [9.17, 15) is 0 Å². The Kier molecular flexibility index (Phi) is 3.19. The van der Waals surface area contributed by atoms with E-state index in [1.54, 1.807) is 0 Å². The minimum atomic E-state index is 0.466. The van der Waals surface area contributed by atoms with E-state index < -0.39 is 0 Å². The highest BCUT2D eigenvalue weighted by Gasteiger charge is 2.32. The van der Waals surface area contributed by atoms with Gasteiger partial charge in [0.15, 0.2) is 0 Å². The topological polar surface area (TPSA) is 24.9 Å². The normalized spacial score (nSPS) is 18.1. The van der Waals surface area contributed by atoms with Crippen LogP contribution in [0.1, 0.15) is 31.5 Å². The van der Waals surface area contributed by atoms with Crippen LogP contribution >= 0.6 is 15.9 Å². The van der Waals surface area contributed by atoms with Crippen LogP contribution in [0.25, 0.3) is 0 Å². The Morgan fingerprint density at radius 3 is 2.86 bits per heavy atom. The van der Waals surface area contributed by atoms with E-state index in [4.69, 9.17) is 0 Å². The Hall–Kier alpha value is -0.410. The summed E-state index contributed by atoms with van der Waals surface area (Å²) in [6.45, 7) is 3.16. The summed E-state index contributed by atoms with van der Waals surface area (Å²) in [7, 11) is 0. The van der Waals surface area contributed by atoms with Crippen LogP contribution in [-0.4, -0.2) is 11.5 Å². The predicted octanol–water partition coefficient (Wildman–Crippen LogP) is 2.90. The smallest absolute Gasteiger partial charge is 0.0576 e. The first-order valence-electron chi connectivity index (χ1n) is 5.16. The Balaban J connectivity index is 2.13. The SMILES string of the molecule is CCNC(c1ccc(Br)cn1)C1CC1. The predicted molar refractivity (Wildman–Crippen MR) is 61.1 cm³/mol. The van der Waals surface area contributed by atoms with E-state index in [2.05, 4.69) is 45.3 Å². The first kappa shape index (κ1) is 10.1. The van der Waals surface area contributed by atoms with E-state index in [0.717, 1.165) is 16.9 Å². The number of pyridine rings is 1. The molecular weight excluding hydrogens is 240 g/mol. The van der Waals surface area contributed by atoms with Crippen molar-refractivity contribution in [2.45, 2.75) is 25.8 Å². The van der Waals surface area contributed by atoms with Gasteiger partial charge in [-0.2, -0.15) is 0 Å². The van der Waals surface area contributed by atoms with Crippen LogP contribution in [0.2, 0.25) is 0 Å². The van der Waals surface area contributed by atoms with Crippen molar-refractivity contribution in [3.63, 3.8) is 0 Å². The maximum absolute atomic E-state index is 4.45. The molecule has 1 fully saturated rings. The molecule has 14 heavy (non-hydrogen) atoms. The first-order chi connectivity index (χ1) is 6.81. The second kappa shape index (κ2) is 4.41. The summed E-state index contributed by atoms with van der Waals surface area (Å²) in [5.41, 5.74) is 1.18. The fraction of sp³-hybridized carbons (Fsp3) is 0.545. The van der Waals surface area contributed by atoms with Crippen LogP contribution in [0, 0.1) is 5.92 Å². The summed E-state index contributed by atoms with van der Waals surface area (Å²) in [6.07, 6.45) is 4.56. The van der Waals surface area contributed by atoms with E-state index in [-0.39, 0.29) is 0 Å². The maximum atomic E-state index is 4.45. The number of halogens is 1. The van der Waals surface area contributed by atoms with Gasteiger partial charge in [-0.1, -0.05) is 6.92 Å². The largest absolute Gasteiger partial charge is 0.309 e. The van der Waals surface area contributed by atoms with Crippen LogP contribution in [0.4, 0.5) is 0 Å². The second-order valence-corrected chi connectivity index (χ2v) is 4.69. The Morgan fingerprint density at radius 1 is 1.57 bits per heavy atom. The second-order valence-electron chi connectivity index (χ2n) is 3.77. The highest BCUT2D eigenvalue weighted by atomic mass is 79.9. The van der Waals surface area contributed by atoms with Gasteiger partial charge in [0.25, 0.3) is 0 Å². The third-order valence-corrected chi connectivity index (χ3v) is 3.06. The van der Waals surface area contributed by atoms with Crippen molar-refractivity contribution in [2.24, 2.45) is 5.92 Å². The van der Waals surface area contributed by atoms with Crippen LogP contribution in [-0.2, 0) is 0 Å². The minimum Gasteiger partial charge on any atom is -0.309 e. The molecule has 3 heteroatoms. The van der Waals surface area contributed by atoms with E-state index >= 15 is 0 Å². The van der Waals surface area contributed by atoms with Gasteiger partial charge in [0.1, 0.15) is 0 Å². The average molecular weight is 255 g/mol. The zero-order chi connectivity index (χ0) is 9.97. The molecule has 0 bridgehead atoms. The van der Waals surface area contributed by atoms with Crippen molar-refractivity contribution in [1.29, 1.82) is 0 Å². The Bertz CT molecular complexity index is 293. The average Bonchev–Trinajstić information content (AvgIpc) is 2.99. The standard InChI is InChI=1S/C11H15BrN2/c1-2-13-11(8-3-4-8)10-6-5-9(12)7-14-10/h5-8,11,13H,2-4H2,1H3. The van der Waals surface area contributed by atoms with Gasteiger partial charge in [-0.05, 0) is 53.4 Å². The lowest BCUT2D eigenvalue weighted by atomic mass is 10.1. The molecule has 2 nitrogen and oxygen atoms in total. The molecule has 2 rings (SSSR count). The summed E-state index contributed by atoms with van der Waals surface area (Å²) in [5, 5.41) is 3.50. The Morgan fingerprint density at radius 2 is 2.36 bits per heavy atom. The molecule has 0 aromatic carbocycles. The summed E-state index contributed by atoms with van der Waals surface area (Å²) < 4.78 is 1.05. The van der Waals surface area contributed by atoms with Crippen molar-refractivity contribution in [1.82, 2.24) is 10.3 Å². The molecule has 0 spiro atoms. The lowest BCUT2D eigenvalue weighted by molar-refractivity contribution is 0.484. The zero-order valence-electron chi connectivity index (χ0n) is 8.33. The number of aromatic nitrogens is 1.